The zero-order valence-corrected chi connectivity index (χ0v) is 12.2. The van der Waals surface area contributed by atoms with Crippen molar-refractivity contribution in [3.8, 4) is 0 Å². The Labute approximate surface area is 120 Å². The first-order valence-electron chi connectivity index (χ1n) is 7.47. The number of carboxylic acid groups (broad SMARTS) is 1. The van der Waals surface area contributed by atoms with Crippen LogP contribution in [0, 0.1) is 5.92 Å². The average Bonchev–Trinajstić information content (AvgIpc) is 3.20. The van der Waals surface area contributed by atoms with E-state index >= 15 is 0 Å². The number of aliphatic carboxylic acids is 1. The van der Waals surface area contributed by atoms with Gasteiger partial charge in [0.2, 0.25) is 0 Å². The van der Waals surface area contributed by atoms with Crippen molar-refractivity contribution < 1.29 is 19.4 Å². The molecule has 0 aromatic heterocycles. The van der Waals surface area contributed by atoms with Crippen molar-refractivity contribution in [3.63, 3.8) is 0 Å². The smallest absolute Gasteiger partial charge is 0.315 e. The van der Waals surface area contributed by atoms with Crippen LogP contribution in [0.5, 0.6) is 0 Å². The van der Waals surface area contributed by atoms with E-state index in [2.05, 4.69) is 17.6 Å². The Hall–Kier alpha value is -1.30. The number of unbranched alkanes of at least 4 members (excludes halogenated alkanes) is 1. The number of nitrogens with one attached hydrogen (secondary N) is 2. The van der Waals surface area contributed by atoms with Gasteiger partial charge in [0.25, 0.3) is 0 Å². The highest BCUT2D eigenvalue weighted by Gasteiger charge is 2.33. The lowest BCUT2D eigenvalue weighted by Gasteiger charge is -2.16. The Kier molecular flexibility index (Phi) is 8.02. The normalized spacial score (nSPS) is 15.7. The summed E-state index contributed by atoms with van der Waals surface area (Å²) in [6.07, 6.45) is 4.95. The second-order valence-corrected chi connectivity index (χ2v) is 5.26. The molecule has 1 aliphatic rings. The van der Waals surface area contributed by atoms with Gasteiger partial charge in [-0.3, -0.25) is 4.79 Å². The Bertz CT molecular complexity index is 306. The van der Waals surface area contributed by atoms with Gasteiger partial charge < -0.3 is 20.5 Å². The molecule has 0 bridgehead atoms. The molecule has 0 radical (unpaired) electrons. The van der Waals surface area contributed by atoms with E-state index in [1.807, 2.05) is 0 Å². The quantitative estimate of drug-likeness (QED) is 0.505. The summed E-state index contributed by atoms with van der Waals surface area (Å²) in [4.78, 5) is 22.4. The van der Waals surface area contributed by atoms with Crippen LogP contribution in [0.2, 0.25) is 0 Å². The molecule has 1 fully saturated rings. The first kappa shape index (κ1) is 16.8. The molecule has 0 aliphatic heterocycles. The van der Waals surface area contributed by atoms with Crippen LogP contribution < -0.4 is 10.6 Å². The van der Waals surface area contributed by atoms with E-state index in [4.69, 9.17) is 9.84 Å². The van der Waals surface area contributed by atoms with Gasteiger partial charge in [-0.1, -0.05) is 13.3 Å². The summed E-state index contributed by atoms with van der Waals surface area (Å²) in [5.41, 5.74) is 0. The first-order chi connectivity index (χ1) is 9.63. The Morgan fingerprint density at radius 1 is 1.30 bits per heavy atom. The van der Waals surface area contributed by atoms with Crippen LogP contribution in [-0.2, 0) is 9.53 Å². The minimum atomic E-state index is -0.869. The van der Waals surface area contributed by atoms with Gasteiger partial charge in [-0.25, -0.2) is 4.79 Å². The zero-order chi connectivity index (χ0) is 14.8. The van der Waals surface area contributed by atoms with Crippen LogP contribution in [0.25, 0.3) is 0 Å². The van der Waals surface area contributed by atoms with Gasteiger partial charge in [-0.15, -0.1) is 0 Å². The molecule has 2 amide bonds. The molecule has 1 atom stereocenters. The largest absolute Gasteiger partial charge is 0.481 e. The summed E-state index contributed by atoms with van der Waals surface area (Å²) in [6, 6.07) is -0.523. The minimum absolute atomic E-state index is 0.00177. The molecule has 0 aromatic carbocycles. The maximum absolute atomic E-state index is 11.6. The van der Waals surface area contributed by atoms with Crippen molar-refractivity contribution in [2.24, 2.45) is 5.92 Å². The Morgan fingerprint density at radius 2 is 2.00 bits per heavy atom. The maximum atomic E-state index is 11.6. The van der Waals surface area contributed by atoms with Crippen molar-refractivity contribution in [2.75, 3.05) is 19.8 Å². The molecule has 6 nitrogen and oxygen atoms in total. The predicted molar refractivity (Wildman–Crippen MR) is 75.6 cm³/mol. The van der Waals surface area contributed by atoms with Crippen LogP contribution in [0.3, 0.4) is 0 Å². The number of carbonyl (C=O) groups excluding carboxylic acids is 1. The highest BCUT2D eigenvalue weighted by molar-refractivity contribution is 5.75. The minimum Gasteiger partial charge on any atom is -0.481 e. The maximum Gasteiger partial charge on any atom is 0.315 e. The lowest BCUT2D eigenvalue weighted by molar-refractivity contribution is -0.137. The fraction of sp³-hybridized carbons (Fsp3) is 0.857. The van der Waals surface area contributed by atoms with Gasteiger partial charge in [-0.2, -0.15) is 0 Å². The zero-order valence-electron chi connectivity index (χ0n) is 12.2. The van der Waals surface area contributed by atoms with Crippen LogP contribution in [0.1, 0.15) is 45.4 Å². The van der Waals surface area contributed by atoms with Crippen molar-refractivity contribution in [3.05, 3.63) is 0 Å². The van der Waals surface area contributed by atoms with Crippen molar-refractivity contribution in [1.82, 2.24) is 10.6 Å². The predicted octanol–water partition coefficient (Wildman–Crippen LogP) is 1.75. The molecular formula is C14H26N2O4. The highest BCUT2D eigenvalue weighted by Crippen LogP contribution is 2.33. The number of carbonyl (C=O) groups is 2. The van der Waals surface area contributed by atoms with Gasteiger partial charge >= 0.3 is 12.0 Å². The lowest BCUT2D eigenvalue weighted by atomic mass is 10.1. The number of hydrogen-bond acceptors (Lipinski definition) is 3. The van der Waals surface area contributed by atoms with Crippen LogP contribution >= 0.6 is 0 Å². The summed E-state index contributed by atoms with van der Waals surface area (Å²) in [5, 5.41) is 14.3. The van der Waals surface area contributed by atoms with Gasteiger partial charge in [0, 0.05) is 25.8 Å². The van der Waals surface area contributed by atoms with Crippen molar-refractivity contribution in [2.45, 2.75) is 51.5 Å². The number of ether oxygens (including phenoxy) is 1. The molecule has 6 heteroatoms. The van der Waals surface area contributed by atoms with Crippen molar-refractivity contribution >= 4 is 12.0 Å². The fourth-order valence-electron chi connectivity index (χ4n) is 1.97. The third kappa shape index (κ3) is 7.99. The number of hydrogen-bond donors (Lipinski definition) is 3. The van der Waals surface area contributed by atoms with E-state index < -0.39 is 5.97 Å². The van der Waals surface area contributed by atoms with Gasteiger partial charge in [0.1, 0.15) is 0 Å². The van der Waals surface area contributed by atoms with Crippen molar-refractivity contribution in [1.29, 1.82) is 0 Å². The van der Waals surface area contributed by atoms with E-state index in [-0.39, 0.29) is 18.5 Å². The molecule has 1 aliphatic carbocycles. The summed E-state index contributed by atoms with van der Waals surface area (Å²) >= 11 is 0. The summed E-state index contributed by atoms with van der Waals surface area (Å²) in [6.45, 7) is 4.07. The second-order valence-electron chi connectivity index (χ2n) is 5.26. The van der Waals surface area contributed by atoms with Gasteiger partial charge in [0.05, 0.1) is 6.42 Å². The first-order valence-corrected chi connectivity index (χ1v) is 7.47. The number of amides is 2. The topological polar surface area (TPSA) is 87.7 Å². The van der Waals surface area contributed by atoms with E-state index in [1.165, 1.54) is 0 Å². The Morgan fingerprint density at radius 3 is 2.60 bits per heavy atom. The third-order valence-electron chi connectivity index (χ3n) is 3.30. The average molecular weight is 286 g/mol. The number of urea groups is 1. The summed E-state index contributed by atoms with van der Waals surface area (Å²) in [5.74, 6) is -0.541. The van der Waals surface area contributed by atoms with E-state index in [9.17, 15) is 9.59 Å². The van der Waals surface area contributed by atoms with Crippen LogP contribution in [0.4, 0.5) is 4.79 Å². The molecule has 0 saturated heterocycles. The molecule has 0 aromatic rings. The third-order valence-corrected chi connectivity index (χ3v) is 3.30. The number of carboxylic acids is 1. The molecule has 116 valence electrons. The molecule has 3 N–H and O–H groups in total. The lowest BCUT2D eigenvalue weighted by Crippen LogP contribution is -2.44. The molecule has 0 heterocycles. The monoisotopic (exact) mass is 286 g/mol. The van der Waals surface area contributed by atoms with E-state index in [0.717, 1.165) is 38.7 Å². The molecule has 20 heavy (non-hydrogen) atoms. The van der Waals surface area contributed by atoms with Gasteiger partial charge in [-0.05, 0) is 31.6 Å². The highest BCUT2D eigenvalue weighted by atomic mass is 16.5. The number of rotatable bonds is 11. The molecule has 1 unspecified atom stereocenters. The molecule has 0 spiro atoms. The standard InChI is InChI=1S/C14H26N2O4/c1-2-3-8-20-9-4-7-15-14(19)16-12(10-13(17)18)11-5-6-11/h11-12H,2-10H2,1H3,(H,17,18)(H2,15,16,19). The summed E-state index contributed by atoms with van der Waals surface area (Å²) in [7, 11) is 0. The van der Waals surface area contributed by atoms with Crippen LogP contribution in [-0.4, -0.2) is 42.9 Å². The van der Waals surface area contributed by atoms with Gasteiger partial charge in [0.15, 0.2) is 0 Å². The van der Waals surface area contributed by atoms with Crippen LogP contribution in [0.15, 0.2) is 0 Å². The molecular weight excluding hydrogens is 260 g/mol. The molecule has 1 saturated carbocycles. The molecule has 1 rings (SSSR count). The second kappa shape index (κ2) is 9.58. The SMILES string of the molecule is CCCCOCCCNC(=O)NC(CC(=O)O)C1CC1. The Balaban J connectivity index is 2.05. The fourth-order valence-corrected chi connectivity index (χ4v) is 1.97. The van der Waals surface area contributed by atoms with E-state index in [0.29, 0.717) is 19.1 Å². The summed E-state index contributed by atoms with van der Waals surface area (Å²) < 4.78 is 5.39. The van der Waals surface area contributed by atoms with E-state index in [1.54, 1.807) is 0 Å².